The highest BCUT2D eigenvalue weighted by Crippen LogP contribution is 2.40. The van der Waals surface area contributed by atoms with Gasteiger partial charge in [0.15, 0.2) is 0 Å². The number of carbonyl (C=O) groups excluding carboxylic acids is 1. The van der Waals surface area contributed by atoms with Gasteiger partial charge >= 0.3 is 6.18 Å². The van der Waals surface area contributed by atoms with Crippen molar-refractivity contribution < 1.29 is 23.1 Å². The third-order valence-electron chi connectivity index (χ3n) is 3.20. The molecule has 0 aliphatic carbocycles. The van der Waals surface area contributed by atoms with Crippen molar-refractivity contribution in [3.8, 4) is 0 Å². The highest BCUT2D eigenvalue weighted by molar-refractivity contribution is 5.89. The first kappa shape index (κ1) is 15.5. The molecule has 1 aromatic heterocycles. The van der Waals surface area contributed by atoms with Crippen LogP contribution < -0.4 is 0 Å². The van der Waals surface area contributed by atoms with Gasteiger partial charge < -0.3 is 5.11 Å². The van der Waals surface area contributed by atoms with E-state index < -0.39 is 30.8 Å². The van der Waals surface area contributed by atoms with Crippen LogP contribution in [0.1, 0.15) is 24.7 Å². The summed E-state index contributed by atoms with van der Waals surface area (Å²) >= 11 is 0. The van der Waals surface area contributed by atoms with E-state index in [9.17, 15) is 23.1 Å². The Morgan fingerprint density at radius 1 is 1.43 bits per heavy atom. The number of aliphatic hydroxyl groups is 1. The van der Waals surface area contributed by atoms with E-state index in [1.165, 1.54) is 11.6 Å². The standard InChI is InChI=1S/C12H15F3N4O2/c1-7-4-9(3)18(16-7)6-10(20)19-11(21,12(13,14)15)5-8(2)17-19/h4,21H,5-6H2,1-3H3/t11-/m1/s1. The second-order valence-corrected chi connectivity index (χ2v) is 5.12. The average molecular weight is 304 g/mol. The zero-order valence-electron chi connectivity index (χ0n) is 11.8. The average Bonchev–Trinajstić information content (AvgIpc) is 2.79. The fourth-order valence-electron chi connectivity index (χ4n) is 2.23. The van der Waals surface area contributed by atoms with E-state index in [0.717, 1.165) is 0 Å². The summed E-state index contributed by atoms with van der Waals surface area (Å²) in [5.74, 6) is -0.974. The molecule has 1 aliphatic heterocycles. The first-order chi connectivity index (χ1) is 9.54. The van der Waals surface area contributed by atoms with E-state index in [0.29, 0.717) is 11.4 Å². The molecule has 0 saturated carbocycles. The molecule has 1 amide bonds. The number of amides is 1. The maximum absolute atomic E-state index is 13.0. The lowest BCUT2D eigenvalue weighted by Crippen LogP contribution is -2.57. The Morgan fingerprint density at radius 3 is 2.52 bits per heavy atom. The summed E-state index contributed by atoms with van der Waals surface area (Å²) in [6.07, 6.45) is -5.74. The van der Waals surface area contributed by atoms with Crippen molar-refractivity contribution in [3.05, 3.63) is 17.5 Å². The molecular weight excluding hydrogens is 289 g/mol. The Hall–Kier alpha value is -1.90. The third-order valence-corrected chi connectivity index (χ3v) is 3.20. The van der Waals surface area contributed by atoms with Crippen LogP contribution in [0.5, 0.6) is 0 Å². The molecular formula is C12H15F3N4O2. The molecule has 0 saturated heterocycles. The maximum Gasteiger partial charge on any atom is 0.438 e. The molecule has 6 nitrogen and oxygen atoms in total. The van der Waals surface area contributed by atoms with Gasteiger partial charge in [0.2, 0.25) is 0 Å². The number of aryl methyl sites for hydroxylation is 2. The number of hydrazone groups is 1. The van der Waals surface area contributed by atoms with Crippen molar-refractivity contribution in [2.24, 2.45) is 5.10 Å². The maximum atomic E-state index is 13.0. The molecule has 1 N–H and O–H groups in total. The van der Waals surface area contributed by atoms with Gasteiger partial charge in [-0.25, -0.2) is 0 Å². The first-order valence-corrected chi connectivity index (χ1v) is 6.22. The summed E-state index contributed by atoms with van der Waals surface area (Å²) in [6.45, 7) is 4.29. The topological polar surface area (TPSA) is 70.7 Å². The number of hydrogen-bond donors (Lipinski definition) is 1. The van der Waals surface area contributed by atoms with E-state index in [1.54, 1.807) is 19.9 Å². The fraction of sp³-hybridized carbons (Fsp3) is 0.583. The van der Waals surface area contributed by atoms with Crippen molar-refractivity contribution in [1.29, 1.82) is 0 Å². The van der Waals surface area contributed by atoms with Crippen molar-refractivity contribution >= 4 is 11.6 Å². The lowest BCUT2D eigenvalue weighted by molar-refractivity contribution is -0.302. The van der Waals surface area contributed by atoms with Crippen LogP contribution in [0, 0.1) is 13.8 Å². The van der Waals surface area contributed by atoms with E-state index >= 15 is 0 Å². The number of hydrogen-bond acceptors (Lipinski definition) is 4. The normalized spacial score (nSPS) is 22.6. The van der Waals surface area contributed by atoms with Crippen LogP contribution in [0.15, 0.2) is 11.2 Å². The van der Waals surface area contributed by atoms with Gasteiger partial charge in [-0.05, 0) is 26.8 Å². The van der Waals surface area contributed by atoms with Crippen molar-refractivity contribution in [3.63, 3.8) is 0 Å². The molecule has 0 bridgehead atoms. The Bertz CT molecular complexity index is 608. The largest absolute Gasteiger partial charge is 0.438 e. The second kappa shape index (κ2) is 4.83. The lowest BCUT2D eigenvalue weighted by atomic mass is 10.1. The number of carbonyl (C=O) groups is 1. The zero-order chi connectivity index (χ0) is 16.0. The summed E-state index contributed by atoms with van der Waals surface area (Å²) in [5, 5.41) is 17.5. The molecule has 0 spiro atoms. The monoisotopic (exact) mass is 304 g/mol. The van der Waals surface area contributed by atoms with Gasteiger partial charge in [-0.15, -0.1) is 0 Å². The van der Waals surface area contributed by atoms with Gasteiger partial charge in [-0.1, -0.05) is 0 Å². The van der Waals surface area contributed by atoms with Gasteiger partial charge in [0, 0.05) is 17.8 Å². The minimum absolute atomic E-state index is 0.0385. The smallest absolute Gasteiger partial charge is 0.362 e. The van der Waals surface area contributed by atoms with Gasteiger partial charge in [-0.3, -0.25) is 9.48 Å². The molecule has 0 aromatic carbocycles. The zero-order valence-corrected chi connectivity index (χ0v) is 11.8. The minimum Gasteiger partial charge on any atom is -0.362 e. The van der Waals surface area contributed by atoms with E-state index in [1.807, 2.05) is 0 Å². The van der Waals surface area contributed by atoms with Crippen LogP contribution in [0.4, 0.5) is 13.2 Å². The number of rotatable bonds is 2. The Morgan fingerprint density at radius 2 is 2.05 bits per heavy atom. The Kier molecular flexibility index (Phi) is 3.56. The predicted molar refractivity (Wildman–Crippen MR) is 67.3 cm³/mol. The highest BCUT2D eigenvalue weighted by atomic mass is 19.4. The first-order valence-electron chi connectivity index (χ1n) is 6.22. The molecule has 1 aromatic rings. The summed E-state index contributed by atoms with van der Waals surface area (Å²) in [7, 11) is 0. The lowest BCUT2D eigenvalue weighted by Gasteiger charge is -2.32. The van der Waals surface area contributed by atoms with Crippen molar-refractivity contribution in [2.45, 2.75) is 45.6 Å². The van der Waals surface area contributed by atoms with Gasteiger partial charge in [0.05, 0.1) is 5.69 Å². The quantitative estimate of drug-likeness (QED) is 0.897. The molecule has 0 fully saturated rings. The SMILES string of the molecule is CC1=NN(C(=O)Cn2nc(C)cc2C)[C@](O)(C(F)(F)F)C1. The van der Waals surface area contributed by atoms with E-state index in [2.05, 4.69) is 10.2 Å². The molecule has 2 heterocycles. The molecule has 0 unspecified atom stereocenters. The predicted octanol–water partition coefficient (Wildman–Crippen LogP) is 1.36. The number of alkyl halides is 3. The minimum atomic E-state index is -4.99. The van der Waals surface area contributed by atoms with Gasteiger partial charge in [-0.2, -0.15) is 28.4 Å². The second-order valence-electron chi connectivity index (χ2n) is 5.12. The summed E-state index contributed by atoms with van der Waals surface area (Å²) < 4.78 is 40.3. The highest BCUT2D eigenvalue weighted by Gasteiger charge is 2.62. The molecule has 0 radical (unpaired) electrons. The van der Waals surface area contributed by atoms with Crippen LogP contribution in [-0.4, -0.2) is 43.4 Å². The fourth-order valence-corrected chi connectivity index (χ4v) is 2.23. The molecule has 1 aliphatic rings. The molecule has 2 rings (SSSR count). The number of halogens is 3. The van der Waals surface area contributed by atoms with Gasteiger partial charge in [0.25, 0.3) is 11.6 Å². The van der Waals surface area contributed by atoms with Crippen LogP contribution >= 0.6 is 0 Å². The van der Waals surface area contributed by atoms with Gasteiger partial charge in [0.1, 0.15) is 6.54 Å². The summed E-state index contributed by atoms with van der Waals surface area (Å²) in [4.78, 5) is 12.1. The Balaban J connectivity index is 2.27. The van der Waals surface area contributed by atoms with Crippen LogP contribution in [0.25, 0.3) is 0 Å². The summed E-state index contributed by atoms with van der Waals surface area (Å²) in [5.41, 5.74) is -1.97. The van der Waals surface area contributed by atoms with Crippen LogP contribution in [0.2, 0.25) is 0 Å². The van der Waals surface area contributed by atoms with Crippen molar-refractivity contribution in [2.75, 3.05) is 0 Å². The van der Waals surface area contributed by atoms with Crippen molar-refractivity contribution in [1.82, 2.24) is 14.8 Å². The van der Waals surface area contributed by atoms with E-state index in [4.69, 9.17) is 0 Å². The molecule has 9 heteroatoms. The Labute approximate surface area is 118 Å². The van der Waals surface area contributed by atoms with E-state index in [-0.39, 0.29) is 10.7 Å². The summed E-state index contributed by atoms with van der Waals surface area (Å²) in [6, 6.07) is 1.70. The van der Waals surface area contributed by atoms with Crippen LogP contribution in [0.3, 0.4) is 0 Å². The number of aromatic nitrogens is 2. The molecule has 1 atom stereocenters. The molecule has 21 heavy (non-hydrogen) atoms. The van der Waals surface area contributed by atoms with Crippen LogP contribution in [-0.2, 0) is 11.3 Å². The third kappa shape index (κ3) is 2.65. The molecule has 116 valence electrons. The number of nitrogens with zero attached hydrogens (tertiary/aromatic N) is 4.